The van der Waals surface area contributed by atoms with Gasteiger partial charge in [-0.25, -0.2) is 6.61 Å². The summed E-state index contributed by atoms with van der Waals surface area (Å²) >= 11 is 0. The zero-order valence-corrected chi connectivity index (χ0v) is 18.0. The van der Waals surface area contributed by atoms with Crippen LogP contribution in [0.2, 0.25) is 0 Å². The van der Waals surface area contributed by atoms with Crippen molar-refractivity contribution in [2.75, 3.05) is 0 Å². The summed E-state index contributed by atoms with van der Waals surface area (Å²) in [4.78, 5) is 28.5. The molecule has 108 valence electrons. The fourth-order valence-corrected chi connectivity index (χ4v) is 1.78. The maximum Gasteiger partial charge on any atom is 1.00 e. The monoisotopic (exact) mass is 349 g/mol. The summed E-state index contributed by atoms with van der Waals surface area (Å²) in [7, 11) is -5.74. The number of hydrogen-bond acceptors (Lipinski definition) is 3. The van der Waals surface area contributed by atoms with Crippen molar-refractivity contribution in [3.05, 3.63) is 6.61 Å². The van der Waals surface area contributed by atoms with E-state index in [0.29, 0.717) is 5.92 Å². The molecule has 1 atom stereocenters. The van der Waals surface area contributed by atoms with Gasteiger partial charge in [0.15, 0.2) is 0 Å². The SMILES string of the molecule is CC([CH-]O)C1CCCCC1.O=[P+](O)O.O=[P+](O)O.[Na+].[Na+]. The van der Waals surface area contributed by atoms with Crippen LogP contribution in [0.5, 0.6) is 0 Å². The molecule has 0 spiro atoms. The quantitative estimate of drug-likeness (QED) is 0.195. The molecule has 0 bridgehead atoms. The molecule has 11 heteroatoms. The van der Waals surface area contributed by atoms with Gasteiger partial charge in [0.25, 0.3) is 0 Å². The molecule has 1 aliphatic carbocycles. The van der Waals surface area contributed by atoms with Gasteiger partial charge in [-0.2, -0.15) is 0 Å². The third kappa shape index (κ3) is 28.2. The molecule has 5 N–H and O–H groups in total. The third-order valence-electron chi connectivity index (χ3n) is 2.63. The van der Waals surface area contributed by atoms with Gasteiger partial charge in [0.2, 0.25) is 0 Å². The van der Waals surface area contributed by atoms with Crippen molar-refractivity contribution < 1.29 is 92.9 Å². The molecule has 0 heterocycles. The maximum atomic E-state index is 8.76. The first-order valence-electron chi connectivity index (χ1n) is 5.48. The molecule has 0 saturated heterocycles. The van der Waals surface area contributed by atoms with Gasteiger partial charge in [-0.05, 0) is 0 Å². The maximum absolute atomic E-state index is 8.76. The van der Waals surface area contributed by atoms with Crippen molar-refractivity contribution in [2.24, 2.45) is 11.8 Å². The smallest absolute Gasteiger partial charge is 0.566 e. The van der Waals surface area contributed by atoms with E-state index in [2.05, 4.69) is 6.92 Å². The zero-order valence-electron chi connectivity index (χ0n) is 12.2. The van der Waals surface area contributed by atoms with Crippen molar-refractivity contribution in [1.82, 2.24) is 0 Å². The summed E-state index contributed by atoms with van der Waals surface area (Å²) < 4.78 is 17.4. The van der Waals surface area contributed by atoms with E-state index < -0.39 is 16.5 Å². The Balaban J connectivity index is -0.000000110. The first kappa shape index (κ1) is 29.9. The van der Waals surface area contributed by atoms with Gasteiger partial charge in [-0.1, -0.05) is 44.9 Å². The Labute approximate surface area is 165 Å². The van der Waals surface area contributed by atoms with Gasteiger partial charge in [-0.3, -0.25) is 0 Å². The van der Waals surface area contributed by atoms with Crippen LogP contribution in [0, 0.1) is 18.4 Å². The first-order valence-corrected chi connectivity index (χ1v) is 7.81. The van der Waals surface area contributed by atoms with E-state index in [0.717, 1.165) is 5.92 Å². The summed E-state index contributed by atoms with van der Waals surface area (Å²) in [5, 5.41) is 8.76. The molecule has 1 fully saturated rings. The molecule has 0 aromatic heterocycles. The van der Waals surface area contributed by atoms with Crippen LogP contribution in [0.3, 0.4) is 0 Å². The molecule has 7 nitrogen and oxygen atoms in total. The molecular weight excluding hydrogens is 328 g/mol. The molecular formula is C9H21Na2O7P2+3. The van der Waals surface area contributed by atoms with Crippen molar-refractivity contribution >= 4 is 16.5 Å². The molecule has 20 heavy (non-hydrogen) atoms. The molecule has 1 rings (SSSR count). The normalized spacial score (nSPS) is 14.9. The molecule has 0 radical (unpaired) electrons. The van der Waals surface area contributed by atoms with Crippen LogP contribution >= 0.6 is 16.5 Å². The third-order valence-corrected chi connectivity index (χ3v) is 2.63. The average molecular weight is 349 g/mol. The summed E-state index contributed by atoms with van der Waals surface area (Å²) in [6, 6.07) is 0. The van der Waals surface area contributed by atoms with Crippen molar-refractivity contribution in [3.63, 3.8) is 0 Å². The Hall–Kier alpha value is 2.00. The Morgan fingerprint density at radius 1 is 0.950 bits per heavy atom. The Bertz CT molecular complexity index is 220. The van der Waals surface area contributed by atoms with Crippen LogP contribution < -0.4 is 59.1 Å². The van der Waals surface area contributed by atoms with Crippen molar-refractivity contribution in [3.8, 4) is 0 Å². The van der Waals surface area contributed by atoms with Gasteiger partial charge in [0, 0.05) is 9.13 Å². The van der Waals surface area contributed by atoms with Gasteiger partial charge in [0.05, 0.1) is 0 Å². The molecule has 0 aromatic carbocycles. The van der Waals surface area contributed by atoms with Crippen LogP contribution in [-0.2, 0) is 9.13 Å². The van der Waals surface area contributed by atoms with Crippen LogP contribution in [0.1, 0.15) is 39.0 Å². The van der Waals surface area contributed by atoms with E-state index in [-0.39, 0.29) is 59.1 Å². The van der Waals surface area contributed by atoms with E-state index >= 15 is 0 Å². The topological polar surface area (TPSA) is 135 Å². The van der Waals surface area contributed by atoms with Crippen LogP contribution in [-0.4, -0.2) is 24.7 Å². The summed E-state index contributed by atoms with van der Waals surface area (Å²) in [5.41, 5.74) is 0. The number of aliphatic hydroxyl groups excluding tert-OH is 1. The number of rotatable bonds is 2. The number of hydrogen-bond donors (Lipinski definition) is 5. The van der Waals surface area contributed by atoms with E-state index in [1.54, 1.807) is 0 Å². The fourth-order valence-electron chi connectivity index (χ4n) is 1.78. The van der Waals surface area contributed by atoms with E-state index in [1.807, 2.05) is 0 Å². The summed E-state index contributed by atoms with van der Waals surface area (Å²) in [5.74, 6) is 1.18. The fraction of sp³-hybridized carbons (Fsp3) is 0.889. The largest absolute Gasteiger partial charge is 1.00 e. The second kappa shape index (κ2) is 21.0. The second-order valence-corrected chi connectivity index (χ2v) is 4.92. The predicted octanol–water partition coefficient (Wildman–Crippen LogP) is -4.00. The van der Waals surface area contributed by atoms with E-state index in [9.17, 15) is 0 Å². The molecule has 0 aromatic rings. The van der Waals surface area contributed by atoms with Crippen molar-refractivity contribution in [1.29, 1.82) is 0 Å². The predicted molar refractivity (Wildman–Crippen MR) is 66.1 cm³/mol. The molecule has 1 aliphatic rings. The second-order valence-electron chi connectivity index (χ2n) is 3.91. The van der Waals surface area contributed by atoms with Crippen LogP contribution in [0.25, 0.3) is 0 Å². The summed E-state index contributed by atoms with van der Waals surface area (Å²) in [6.07, 6.45) is 6.76. The average Bonchev–Trinajstić information content (AvgIpc) is 2.28. The van der Waals surface area contributed by atoms with Gasteiger partial charge in [0.1, 0.15) is 0 Å². The Morgan fingerprint density at radius 3 is 1.50 bits per heavy atom. The van der Waals surface area contributed by atoms with Crippen LogP contribution in [0.4, 0.5) is 0 Å². The molecule has 0 amide bonds. The van der Waals surface area contributed by atoms with Gasteiger partial charge in [-0.15, -0.1) is 25.5 Å². The Morgan fingerprint density at radius 2 is 1.25 bits per heavy atom. The standard InChI is InChI=1S/C9H17O.2Na.2HO3P/c1-8(7-10)9-5-3-2-4-6-9;;;2*1-4(2)3/h7-10H,2-6H2,1H3;;;2*(H-,1,2,3)/q-1;2*+1;;/p+2. The van der Waals surface area contributed by atoms with E-state index in [4.69, 9.17) is 33.8 Å². The van der Waals surface area contributed by atoms with Crippen LogP contribution in [0.15, 0.2) is 0 Å². The van der Waals surface area contributed by atoms with E-state index in [1.165, 1.54) is 38.7 Å². The Kier molecular flexibility index (Phi) is 31.4. The minimum absolute atomic E-state index is 0. The van der Waals surface area contributed by atoms with Crippen molar-refractivity contribution in [2.45, 2.75) is 39.0 Å². The molecule has 1 unspecified atom stereocenters. The number of aliphatic hydroxyl groups is 1. The minimum atomic E-state index is -2.87. The van der Waals surface area contributed by atoms with Gasteiger partial charge < -0.3 is 5.11 Å². The molecule has 1 saturated carbocycles. The zero-order chi connectivity index (χ0) is 14.6. The summed E-state index contributed by atoms with van der Waals surface area (Å²) in [6.45, 7) is 3.46. The molecule has 0 aliphatic heterocycles. The van der Waals surface area contributed by atoms with Gasteiger partial charge >= 0.3 is 75.6 Å². The first-order chi connectivity index (χ1) is 8.31. The minimum Gasteiger partial charge on any atom is -0.566 e.